The number of aldehydes is 1. The van der Waals surface area contributed by atoms with Crippen LogP contribution in [0.25, 0.3) is 0 Å². The van der Waals surface area contributed by atoms with E-state index in [4.69, 9.17) is 10.5 Å². The number of halogens is 1. The molecule has 2 heterocycles. The Bertz CT molecular complexity index is 1160. The lowest BCUT2D eigenvalue weighted by atomic mass is 9.91. The van der Waals surface area contributed by atoms with Crippen molar-refractivity contribution < 1.29 is 23.9 Å². The van der Waals surface area contributed by atoms with Gasteiger partial charge >= 0.3 is 5.97 Å². The van der Waals surface area contributed by atoms with Gasteiger partial charge in [0.15, 0.2) is 0 Å². The first-order valence-corrected chi connectivity index (χ1v) is 12.5. The summed E-state index contributed by atoms with van der Waals surface area (Å²) in [4.78, 5) is 55.1. The molecule has 0 aliphatic carbocycles. The molecule has 6 N–H and O–H groups in total. The number of hydrogen-bond donors (Lipinski definition) is 5. The van der Waals surface area contributed by atoms with E-state index in [1.165, 1.54) is 13.8 Å². The lowest BCUT2D eigenvalue weighted by molar-refractivity contribution is -0.142. The molecule has 1 aromatic heterocycles. The number of benzene rings is 1. The average Bonchev–Trinajstić information content (AvgIpc) is 3.30. The SMILES string of the molecule is CC(C)(C(N)=O)C(=O)NCCCNc1nc(Nc2cccc(NC(C=O)C3CCC(=O)O3)c2)ncc1Br. The van der Waals surface area contributed by atoms with Gasteiger partial charge in [0.05, 0.1) is 4.47 Å². The maximum Gasteiger partial charge on any atom is 0.306 e. The van der Waals surface area contributed by atoms with Crippen LogP contribution in [0.1, 0.15) is 33.1 Å². The highest BCUT2D eigenvalue weighted by molar-refractivity contribution is 9.10. The monoisotopic (exact) mass is 575 g/mol. The van der Waals surface area contributed by atoms with E-state index in [9.17, 15) is 19.2 Å². The number of aromatic nitrogens is 2. The number of nitrogens with two attached hydrogens (primary N) is 1. The predicted molar refractivity (Wildman–Crippen MR) is 141 cm³/mol. The molecule has 37 heavy (non-hydrogen) atoms. The molecule has 1 aromatic carbocycles. The van der Waals surface area contributed by atoms with E-state index in [0.717, 1.165) is 6.29 Å². The number of carbonyl (C=O) groups is 4. The maximum absolute atomic E-state index is 12.1. The van der Waals surface area contributed by atoms with E-state index in [-0.39, 0.29) is 5.97 Å². The molecule has 2 atom stereocenters. The number of cyclic esters (lactones) is 1. The molecule has 13 heteroatoms. The van der Waals surface area contributed by atoms with E-state index in [1.54, 1.807) is 24.4 Å². The fraction of sp³-hybridized carbons (Fsp3) is 0.417. The number of ether oxygens (including phenoxy) is 1. The Balaban J connectivity index is 1.54. The third-order valence-electron chi connectivity index (χ3n) is 5.77. The molecule has 1 fully saturated rings. The number of rotatable bonds is 13. The van der Waals surface area contributed by atoms with E-state index >= 15 is 0 Å². The summed E-state index contributed by atoms with van der Waals surface area (Å²) in [5, 5.41) is 12.1. The predicted octanol–water partition coefficient (Wildman–Crippen LogP) is 2.10. The molecular formula is C24H30BrN7O5. The van der Waals surface area contributed by atoms with E-state index in [1.807, 2.05) is 6.07 Å². The summed E-state index contributed by atoms with van der Waals surface area (Å²) in [6.45, 7) is 3.82. The van der Waals surface area contributed by atoms with Crippen molar-refractivity contribution in [3.8, 4) is 0 Å². The van der Waals surface area contributed by atoms with Crippen molar-refractivity contribution in [3.05, 3.63) is 34.9 Å². The van der Waals surface area contributed by atoms with Crippen LogP contribution in [0.2, 0.25) is 0 Å². The smallest absolute Gasteiger partial charge is 0.306 e. The highest BCUT2D eigenvalue weighted by Gasteiger charge is 2.33. The van der Waals surface area contributed by atoms with E-state index in [0.29, 0.717) is 60.0 Å². The molecule has 1 aliphatic heterocycles. The number of esters is 1. The summed E-state index contributed by atoms with van der Waals surface area (Å²) in [5.41, 5.74) is 5.34. The standard InChI is InChI=1S/C24H30BrN7O5/c1-24(2,21(26)35)22(36)28-10-4-9-27-20-16(25)12-29-23(32-20)31-15-6-3-5-14(11-15)30-17(13-33)18-7-8-19(34)37-18/h3,5-6,11-13,17-18,30H,4,7-10H2,1-2H3,(H2,26,35)(H,28,36)(H2,27,29,31,32). The van der Waals surface area contributed by atoms with Gasteiger partial charge in [0, 0.05) is 37.1 Å². The number of hydrogen-bond acceptors (Lipinski definition) is 10. The Morgan fingerprint density at radius 1 is 1.30 bits per heavy atom. The minimum Gasteiger partial charge on any atom is -0.460 e. The number of carbonyl (C=O) groups excluding carboxylic acids is 4. The summed E-state index contributed by atoms with van der Waals surface area (Å²) < 4.78 is 5.86. The number of nitrogens with zero attached hydrogens (tertiary/aromatic N) is 2. The van der Waals surface area contributed by atoms with Crippen molar-refractivity contribution in [3.63, 3.8) is 0 Å². The van der Waals surface area contributed by atoms with Crippen LogP contribution in [-0.2, 0) is 23.9 Å². The van der Waals surface area contributed by atoms with Crippen molar-refractivity contribution in [1.29, 1.82) is 0 Å². The van der Waals surface area contributed by atoms with Gasteiger partial charge in [-0.05, 0) is 60.8 Å². The molecule has 0 radical (unpaired) electrons. The molecule has 1 aliphatic rings. The Kier molecular flexibility index (Phi) is 9.39. The number of amides is 2. The molecule has 0 spiro atoms. The van der Waals surface area contributed by atoms with E-state index in [2.05, 4.69) is 47.2 Å². The molecule has 2 amide bonds. The highest BCUT2D eigenvalue weighted by Crippen LogP contribution is 2.25. The second-order valence-corrected chi connectivity index (χ2v) is 9.85. The quantitative estimate of drug-likeness (QED) is 0.103. The molecule has 12 nitrogen and oxygen atoms in total. The topological polar surface area (TPSA) is 177 Å². The van der Waals surface area contributed by atoms with Crippen molar-refractivity contribution in [2.75, 3.05) is 29.0 Å². The Morgan fingerprint density at radius 2 is 2.05 bits per heavy atom. The number of anilines is 4. The largest absolute Gasteiger partial charge is 0.460 e. The molecule has 0 saturated carbocycles. The summed E-state index contributed by atoms with van der Waals surface area (Å²) in [6, 6.07) is 6.58. The van der Waals surface area contributed by atoms with Gasteiger partial charge in [-0.2, -0.15) is 4.98 Å². The molecule has 198 valence electrons. The molecule has 3 rings (SSSR count). The summed E-state index contributed by atoms with van der Waals surface area (Å²) in [7, 11) is 0. The Labute approximate surface area is 222 Å². The number of nitrogens with one attached hydrogen (secondary N) is 4. The van der Waals surface area contributed by atoms with Crippen molar-refractivity contribution in [2.24, 2.45) is 11.1 Å². The van der Waals surface area contributed by atoms with Gasteiger partial charge in [0.2, 0.25) is 17.8 Å². The molecule has 0 bridgehead atoms. The fourth-order valence-electron chi connectivity index (χ4n) is 3.40. The van der Waals surface area contributed by atoms with Crippen LogP contribution in [0.15, 0.2) is 34.9 Å². The normalized spacial score (nSPS) is 15.9. The summed E-state index contributed by atoms with van der Waals surface area (Å²) in [6.07, 6.45) is 3.23. The third-order valence-corrected chi connectivity index (χ3v) is 6.35. The van der Waals surface area contributed by atoms with Gasteiger partial charge in [0.25, 0.3) is 0 Å². The highest BCUT2D eigenvalue weighted by atomic mass is 79.9. The summed E-state index contributed by atoms with van der Waals surface area (Å²) >= 11 is 3.42. The van der Waals surface area contributed by atoms with Crippen LogP contribution >= 0.6 is 15.9 Å². The maximum atomic E-state index is 12.1. The zero-order valence-electron chi connectivity index (χ0n) is 20.5. The van der Waals surface area contributed by atoms with Gasteiger partial charge in [0.1, 0.15) is 29.7 Å². The second-order valence-electron chi connectivity index (χ2n) is 8.99. The molecule has 1 saturated heterocycles. The van der Waals surface area contributed by atoms with Crippen molar-refractivity contribution in [2.45, 2.75) is 45.3 Å². The van der Waals surface area contributed by atoms with Gasteiger partial charge in [-0.3, -0.25) is 14.4 Å². The zero-order chi connectivity index (χ0) is 27.0. The molecular weight excluding hydrogens is 546 g/mol. The van der Waals surface area contributed by atoms with Crippen LogP contribution in [0.4, 0.5) is 23.1 Å². The Hall–Kier alpha value is -3.74. The van der Waals surface area contributed by atoms with Gasteiger partial charge in [-0.1, -0.05) is 6.07 Å². The van der Waals surface area contributed by atoms with E-state index < -0.39 is 29.4 Å². The first-order valence-electron chi connectivity index (χ1n) is 11.7. The Morgan fingerprint density at radius 3 is 2.73 bits per heavy atom. The van der Waals surface area contributed by atoms with Crippen molar-refractivity contribution in [1.82, 2.24) is 15.3 Å². The minimum absolute atomic E-state index is 0.303. The first-order chi connectivity index (χ1) is 17.6. The fourth-order valence-corrected chi connectivity index (χ4v) is 3.74. The third kappa shape index (κ3) is 7.62. The van der Waals surface area contributed by atoms with Crippen LogP contribution in [0.3, 0.4) is 0 Å². The van der Waals surface area contributed by atoms with Gasteiger partial charge in [-0.15, -0.1) is 0 Å². The number of primary amides is 1. The summed E-state index contributed by atoms with van der Waals surface area (Å²) in [5.74, 6) is -0.509. The average molecular weight is 576 g/mol. The van der Waals surface area contributed by atoms with Crippen LogP contribution in [-0.4, -0.2) is 59.3 Å². The lowest BCUT2D eigenvalue weighted by Gasteiger charge is -2.20. The van der Waals surface area contributed by atoms with Crippen LogP contribution < -0.4 is 27.0 Å². The zero-order valence-corrected chi connectivity index (χ0v) is 22.1. The van der Waals surface area contributed by atoms with Crippen molar-refractivity contribution >= 4 is 63.1 Å². The van der Waals surface area contributed by atoms with Gasteiger partial charge < -0.3 is 36.5 Å². The van der Waals surface area contributed by atoms with Gasteiger partial charge in [-0.25, -0.2) is 4.98 Å². The lowest BCUT2D eigenvalue weighted by Crippen LogP contribution is -2.46. The second kappa shape index (κ2) is 12.5. The van der Waals surface area contributed by atoms with Crippen LogP contribution in [0.5, 0.6) is 0 Å². The van der Waals surface area contributed by atoms with Crippen LogP contribution in [0, 0.1) is 5.41 Å². The minimum atomic E-state index is -1.27. The molecule has 2 aromatic rings. The first kappa shape index (κ1) is 27.8. The molecule has 2 unspecified atom stereocenters.